The van der Waals surface area contributed by atoms with E-state index in [9.17, 15) is 24.4 Å². The van der Waals surface area contributed by atoms with Gasteiger partial charge in [0.05, 0.1) is 12.9 Å². The summed E-state index contributed by atoms with van der Waals surface area (Å²) in [4.78, 5) is 38.0. The lowest BCUT2D eigenvalue weighted by Gasteiger charge is -2.26. The highest BCUT2D eigenvalue weighted by Gasteiger charge is 2.49. The van der Waals surface area contributed by atoms with Crippen molar-refractivity contribution >= 4 is 36.0 Å². The fourth-order valence-corrected chi connectivity index (χ4v) is 5.55. The Kier molecular flexibility index (Phi) is 9.20. The maximum atomic E-state index is 13.0. The normalized spacial score (nSPS) is 24.5. The summed E-state index contributed by atoms with van der Waals surface area (Å²) in [5.74, 6) is 0.185. The number of aromatic amines is 1. The Balaban J connectivity index is 1.42. The summed E-state index contributed by atoms with van der Waals surface area (Å²) in [6.45, 7) is -3.62. The number of anilines is 1. The molecule has 1 aliphatic heterocycles. The summed E-state index contributed by atoms with van der Waals surface area (Å²) in [5.41, 5.74) is 5.17. The lowest BCUT2D eigenvalue weighted by Crippen LogP contribution is -2.39. The smallest absolute Gasteiger partial charge is 0.386 e. The first kappa shape index (κ1) is 29.3. The number of hydrogen-bond donors (Lipinski definition) is 5. The van der Waals surface area contributed by atoms with Crippen molar-refractivity contribution in [1.29, 1.82) is 0 Å². The SMILES string of the molecule is CC[C@@H](OC(O)CO[P@](=O)(S)O[C@@H]1[C@H](OC)C(n2ccc(=O)[nH]c2=O)O[C@@H]1CO)n1cnc2c(N)ncnc21. The second kappa shape index (κ2) is 12.2. The highest BCUT2D eigenvalue weighted by Crippen LogP contribution is 2.56. The quantitative estimate of drug-likeness (QED) is 0.102. The molecule has 0 aromatic carbocycles. The van der Waals surface area contributed by atoms with Gasteiger partial charge in [-0.1, -0.05) is 19.2 Å². The van der Waals surface area contributed by atoms with E-state index in [0.717, 1.165) is 10.6 Å². The maximum absolute atomic E-state index is 13.0. The van der Waals surface area contributed by atoms with Gasteiger partial charge < -0.3 is 30.2 Å². The van der Waals surface area contributed by atoms with Crippen molar-refractivity contribution in [2.45, 2.75) is 50.4 Å². The van der Waals surface area contributed by atoms with Crippen LogP contribution >= 0.6 is 19.0 Å². The van der Waals surface area contributed by atoms with Crippen LogP contribution in [0.5, 0.6) is 0 Å². The van der Waals surface area contributed by atoms with Crippen LogP contribution in [0.4, 0.5) is 5.82 Å². The molecule has 0 saturated carbocycles. The number of nitrogen functional groups attached to an aromatic ring is 1. The third kappa shape index (κ3) is 6.40. The van der Waals surface area contributed by atoms with Gasteiger partial charge in [-0.25, -0.2) is 24.3 Å². The molecule has 19 heteroatoms. The summed E-state index contributed by atoms with van der Waals surface area (Å²) in [6, 6.07) is 1.10. The molecular formula is C20H28N7O10PS. The first-order chi connectivity index (χ1) is 18.6. The van der Waals surface area contributed by atoms with Gasteiger partial charge in [0.15, 0.2) is 24.0 Å². The van der Waals surface area contributed by atoms with Crippen molar-refractivity contribution in [1.82, 2.24) is 29.1 Å². The molecule has 0 bridgehead atoms. The van der Waals surface area contributed by atoms with E-state index in [-0.39, 0.29) is 5.82 Å². The van der Waals surface area contributed by atoms with Crippen molar-refractivity contribution in [3.05, 3.63) is 45.8 Å². The largest absolute Gasteiger partial charge is 0.394 e. The molecule has 4 rings (SSSR count). The van der Waals surface area contributed by atoms with Crippen LogP contribution in [0, 0.1) is 0 Å². The second-order valence-electron chi connectivity index (χ2n) is 8.34. The molecule has 2 unspecified atom stereocenters. The van der Waals surface area contributed by atoms with Gasteiger partial charge in [-0.2, -0.15) is 0 Å². The molecule has 3 aromatic rings. The summed E-state index contributed by atoms with van der Waals surface area (Å²) in [5, 5.41) is 20.2. The maximum Gasteiger partial charge on any atom is 0.386 e. The number of fused-ring (bicyclic) bond motifs is 1. The number of hydrogen-bond acceptors (Lipinski definition) is 14. The summed E-state index contributed by atoms with van der Waals surface area (Å²) in [6.07, 6.45) is -2.54. The molecule has 214 valence electrons. The molecule has 7 atom stereocenters. The van der Waals surface area contributed by atoms with Gasteiger partial charge in [0.1, 0.15) is 43.0 Å². The molecular weight excluding hydrogens is 561 g/mol. The molecule has 0 radical (unpaired) electrons. The van der Waals surface area contributed by atoms with Gasteiger partial charge in [0, 0.05) is 19.4 Å². The van der Waals surface area contributed by atoms with E-state index in [1.807, 2.05) is 0 Å². The number of nitrogens with two attached hydrogens (primary N) is 1. The summed E-state index contributed by atoms with van der Waals surface area (Å²) < 4.78 is 43.1. The molecule has 0 aliphatic carbocycles. The lowest BCUT2D eigenvalue weighted by molar-refractivity contribution is -0.175. The number of H-pyrrole nitrogens is 1. The number of imidazole rings is 1. The Morgan fingerprint density at radius 2 is 2.08 bits per heavy atom. The van der Waals surface area contributed by atoms with Gasteiger partial charge in [-0.05, 0) is 6.42 Å². The number of nitrogens with one attached hydrogen (secondary N) is 1. The third-order valence-corrected chi connectivity index (χ3v) is 7.47. The van der Waals surface area contributed by atoms with E-state index in [1.165, 1.54) is 26.0 Å². The van der Waals surface area contributed by atoms with E-state index in [2.05, 4.69) is 32.2 Å². The predicted octanol–water partition coefficient (Wildman–Crippen LogP) is -0.453. The number of aliphatic hydroxyl groups is 2. The number of rotatable bonds is 12. The van der Waals surface area contributed by atoms with Gasteiger partial charge >= 0.3 is 12.5 Å². The van der Waals surface area contributed by atoms with Crippen molar-refractivity contribution in [2.24, 2.45) is 0 Å². The van der Waals surface area contributed by atoms with Gasteiger partial charge in [0.2, 0.25) is 0 Å². The van der Waals surface area contributed by atoms with E-state index in [0.29, 0.717) is 17.6 Å². The van der Waals surface area contributed by atoms with Crippen molar-refractivity contribution in [2.75, 3.05) is 26.1 Å². The van der Waals surface area contributed by atoms with E-state index in [4.69, 9.17) is 29.0 Å². The van der Waals surface area contributed by atoms with Crippen molar-refractivity contribution in [3.63, 3.8) is 0 Å². The van der Waals surface area contributed by atoms with E-state index >= 15 is 0 Å². The first-order valence-electron chi connectivity index (χ1n) is 11.6. The Hall–Kier alpha value is -2.67. The number of nitrogens with zero attached hydrogens (tertiary/aromatic N) is 5. The Morgan fingerprint density at radius 1 is 1.31 bits per heavy atom. The van der Waals surface area contributed by atoms with Gasteiger partial charge in [0.25, 0.3) is 5.56 Å². The molecule has 5 N–H and O–H groups in total. The number of ether oxygens (including phenoxy) is 3. The average Bonchev–Trinajstić information content (AvgIpc) is 3.48. The van der Waals surface area contributed by atoms with Crippen LogP contribution in [0.1, 0.15) is 25.8 Å². The zero-order valence-corrected chi connectivity index (χ0v) is 22.6. The van der Waals surface area contributed by atoms with Crippen LogP contribution in [-0.4, -0.2) is 84.2 Å². The fourth-order valence-electron chi connectivity index (χ4n) is 4.09. The van der Waals surface area contributed by atoms with Crippen LogP contribution in [-0.2, 0) is 27.8 Å². The average molecular weight is 590 g/mol. The van der Waals surface area contributed by atoms with Gasteiger partial charge in [-0.3, -0.25) is 28.0 Å². The molecule has 0 spiro atoms. The zero-order valence-electron chi connectivity index (χ0n) is 20.8. The highest BCUT2D eigenvalue weighted by molar-refractivity contribution is 8.44. The van der Waals surface area contributed by atoms with Crippen LogP contribution in [0.15, 0.2) is 34.5 Å². The van der Waals surface area contributed by atoms with E-state index in [1.54, 1.807) is 11.5 Å². The van der Waals surface area contributed by atoms with Crippen LogP contribution in [0.2, 0.25) is 0 Å². The number of methoxy groups -OCH3 is 1. The minimum atomic E-state index is -4.21. The van der Waals surface area contributed by atoms with E-state index < -0.39 is 68.3 Å². The molecule has 4 heterocycles. The fraction of sp³-hybridized carbons (Fsp3) is 0.550. The van der Waals surface area contributed by atoms with Crippen LogP contribution < -0.4 is 17.0 Å². The Bertz CT molecular complexity index is 1450. The molecule has 1 saturated heterocycles. The molecule has 1 aliphatic rings. The first-order valence-corrected chi connectivity index (χ1v) is 14.3. The minimum Gasteiger partial charge on any atom is -0.394 e. The summed E-state index contributed by atoms with van der Waals surface area (Å²) in [7, 11) is 1.29. The number of thiol groups is 1. The molecule has 3 aromatic heterocycles. The summed E-state index contributed by atoms with van der Waals surface area (Å²) >= 11 is 3.97. The predicted molar refractivity (Wildman–Crippen MR) is 137 cm³/mol. The second-order valence-corrected chi connectivity index (χ2v) is 11.2. The van der Waals surface area contributed by atoms with Crippen LogP contribution in [0.3, 0.4) is 0 Å². The van der Waals surface area contributed by atoms with Crippen molar-refractivity contribution < 1.29 is 38.0 Å². The topological polar surface area (TPSA) is 228 Å². The molecule has 0 amide bonds. The lowest BCUT2D eigenvalue weighted by atomic mass is 10.1. The molecule has 17 nitrogen and oxygen atoms in total. The standard InChI is InChI=1S/C20H28N7O10PS/c1-3-12(27-9-24-14-17(21)22-8-23-18(14)27)36-13(30)7-34-38(32,39)37-15-10(6-28)35-19(16(15)33-2)26-5-4-11(29)25-20(26)31/h4-5,8-10,12-13,15-16,19,28,30H,3,6-7H2,1-2H3,(H,32,39)(H2,21,22,23)(H,25,29,31)/t10-,12-,13?,15+,16+,19?,38+/m1/s1. The Labute approximate surface area is 225 Å². The van der Waals surface area contributed by atoms with Crippen LogP contribution in [0.25, 0.3) is 11.2 Å². The molecule has 39 heavy (non-hydrogen) atoms. The van der Waals surface area contributed by atoms with Crippen molar-refractivity contribution in [3.8, 4) is 0 Å². The number of aliphatic hydroxyl groups excluding tert-OH is 2. The Morgan fingerprint density at radius 3 is 2.74 bits per heavy atom. The minimum absolute atomic E-state index is 0.185. The monoisotopic (exact) mass is 589 g/mol. The highest BCUT2D eigenvalue weighted by atomic mass is 32.7. The third-order valence-electron chi connectivity index (χ3n) is 5.86. The molecule has 1 fully saturated rings. The van der Waals surface area contributed by atoms with Gasteiger partial charge in [-0.15, -0.1) is 0 Å². The zero-order chi connectivity index (χ0) is 28.3. The number of aromatic nitrogens is 6.